The van der Waals surface area contributed by atoms with Crippen LogP contribution in [0.25, 0.3) is 0 Å². The van der Waals surface area contributed by atoms with E-state index in [-0.39, 0.29) is 17.8 Å². The Morgan fingerprint density at radius 1 is 1.50 bits per heavy atom. The van der Waals surface area contributed by atoms with E-state index < -0.39 is 0 Å². The summed E-state index contributed by atoms with van der Waals surface area (Å²) in [6, 6.07) is 0. The topological polar surface area (TPSA) is 38.3 Å². The van der Waals surface area contributed by atoms with Gasteiger partial charge in [0.15, 0.2) is 5.78 Å². The fourth-order valence-electron chi connectivity index (χ4n) is 0.863. The lowest BCUT2D eigenvalue weighted by molar-refractivity contribution is -0.130. The zero-order valence-electron chi connectivity index (χ0n) is 8.44. The van der Waals surface area contributed by atoms with Crippen LogP contribution in [0.3, 0.4) is 0 Å². The Labute approximate surface area is 74.5 Å². The first-order valence-corrected chi connectivity index (χ1v) is 4.27. The van der Waals surface area contributed by atoms with E-state index in [1.54, 1.807) is 7.11 Å². The highest BCUT2D eigenvalue weighted by molar-refractivity contribution is 5.85. The van der Waals surface area contributed by atoms with Crippen molar-refractivity contribution < 1.29 is 9.53 Å². The largest absolute Gasteiger partial charge is 0.377 e. The molecule has 0 aromatic heterocycles. The summed E-state index contributed by atoms with van der Waals surface area (Å²) in [6.45, 7) is 7.69. The molecule has 0 fully saturated rings. The Morgan fingerprint density at radius 2 is 2.08 bits per heavy atom. The van der Waals surface area contributed by atoms with Gasteiger partial charge in [0.05, 0.1) is 0 Å². The van der Waals surface area contributed by atoms with Crippen LogP contribution in [0.2, 0.25) is 0 Å². The van der Waals surface area contributed by atoms with Crippen molar-refractivity contribution in [2.75, 3.05) is 26.8 Å². The monoisotopic (exact) mass is 173 g/mol. The number of Topliss-reactive ketones (excluding diaryl/α,β-unsaturated/α-hetero) is 1. The minimum Gasteiger partial charge on any atom is -0.377 e. The van der Waals surface area contributed by atoms with Crippen molar-refractivity contribution in [3.05, 3.63) is 0 Å². The summed E-state index contributed by atoms with van der Waals surface area (Å²) < 4.78 is 4.79. The van der Waals surface area contributed by atoms with Crippen molar-refractivity contribution >= 4 is 5.78 Å². The third-order valence-electron chi connectivity index (χ3n) is 1.85. The molecule has 0 bridgehead atoms. The summed E-state index contributed by atoms with van der Waals surface area (Å²) in [7, 11) is 1.54. The normalized spacial score (nSPS) is 11.7. The van der Waals surface area contributed by atoms with Crippen LogP contribution in [0.1, 0.15) is 20.8 Å². The predicted octanol–water partition coefficient (Wildman–Crippen LogP) is 0.838. The Balaban J connectivity index is 3.90. The first kappa shape index (κ1) is 11.6. The maximum Gasteiger partial charge on any atom is 0.165 e. The molecule has 1 N–H and O–H groups in total. The Morgan fingerprint density at radius 3 is 2.50 bits per heavy atom. The second kappa shape index (κ2) is 5.27. The average Bonchev–Trinajstić information content (AvgIpc) is 2.01. The van der Waals surface area contributed by atoms with E-state index in [1.165, 1.54) is 0 Å². The van der Waals surface area contributed by atoms with Gasteiger partial charge in [0.1, 0.15) is 6.61 Å². The van der Waals surface area contributed by atoms with Crippen LogP contribution in [0, 0.1) is 5.41 Å². The van der Waals surface area contributed by atoms with Gasteiger partial charge in [0, 0.05) is 19.1 Å². The maximum absolute atomic E-state index is 11.4. The predicted molar refractivity (Wildman–Crippen MR) is 49.2 cm³/mol. The average molecular weight is 173 g/mol. The summed E-state index contributed by atoms with van der Waals surface area (Å²) in [5.74, 6) is 0.144. The molecule has 0 saturated heterocycles. The Bertz CT molecular complexity index is 143. The van der Waals surface area contributed by atoms with Crippen LogP contribution in [-0.4, -0.2) is 32.6 Å². The summed E-state index contributed by atoms with van der Waals surface area (Å²) >= 11 is 0. The molecule has 0 aliphatic heterocycles. The molecule has 0 aliphatic carbocycles. The lowest BCUT2D eigenvalue weighted by Crippen LogP contribution is -2.38. The minimum absolute atomic E-state index is 0.144. The number of rotatable bonds is 6. The third kappa shape index (κ3) is 3.83. The van der Waals surface area contributed by atoms with Crippen LogP contribution >= 0.6 is 0 Å². The molecule has 72 valence electrons. The maximum atomic E-state index is 11.4. The summed E-state index contributed by atoms with van der Waals surface area (Å²) in [5.41, 5.74) is -0.313. The smallest absolute Gasteiger partial charge is 0.165 e. The van der Waals surface area contributed by atoms with Crippen molar-refractivity contribution in [2.24, 2.45) is 5.41 Å². The standard InChI is InChI=1S/C9H19NO2/c1-5-10-7-9(2,3)8(11)6-12-4/h10H,5-7H2,1-4H3. The zero-order valence-corrected chi connectivity index (χ0v) is 8.44. The molecule has 0 amide bonds. The second-order valence-electron chi connectivity index (χ2n) is 3.52. The molecule has 0 unspecified atom stereocenters. The molecular weight excluding hydrogens is 154 g/mol. The van der Waals surface area contributed by atoms with Gasteiger partial charge in [-0.15, -0.1) is 0 Å². The van der Waals surface area contributed by atoms with Gasteiger partial charge in [0.25, 0.3) is 0 Å². The molecular formula is C9H19NO2. The molecule has 0 rings (SSSR count). The van der Waals surface area contributed by atoms with E-state index in [0.29, 0.717) is 6.54 Å². The molecule has 0 atom stereocenters. The molecule has 0 radical (unpaired) electrons. The number of carbonyl (C=O) groups is 1. The van der Waals surface area contributed by atoms with E-state index in [9.17, 15) is 4.79 Å². The van der Waals surface area contributed by atoms with E-state index in [2.05, 4.69) is 5.32 Å². The minimum atomic E-state index is -0.313. The van der Waals surface area contributed by atoms with E-state index in [0.717, 1.165) is 6.54 Å². The van der Waals surface area contributed by atoms with Crippen LogP contribution in [0.4, 0.5) is 0 Å². The SMILES string of the molecule is CCNCC(C)(C)C(=O)COC. The number of methoxy groups -OCH3 is 1. The number of hydrogen-bond acceptors (Lipinski definition) is 3. The molecule has 12 heavy (non-hydrogen) atoms. The molecule has 0 saturated carbocycles. The highest BCUT2D eigenvalue weighted by Crippen LogP contribution is 2.14. The summed E-state index contributed by atoms with van der Waals surface area (Å²) in [5, 5.41) is 3.15. The van der Waals surface area contributed by atoms with Gasteiger partial charge < -0.3 is 10.1 Å². The Hall–Kier alpha value is -0.410. The molecule has 0 aromatic carbocycles. The van der Waals surface area contributed by atoms with E-state index >= 15 is 0 Å². The van der Waals surface area contributed by atoms with Crippen molar-refractivity contribution in [1.82, 2.24) is 5.32 Å². The quantitative estimate of drug-likeness (QED) is 0.646. The zero-order chi connectivity index (χ0) is 9.61. The number of carbonyl (C=O) groups excluding carboxylic acids is 1. The van der Waals surface area contributed by atoms with E-state index in [1.807, 2.05) is 20.8 Å². The van der Waals surface area contributed by atoms with Gasteiger partial charge in [-0.25, -0.2) is 0 Å². The fraction of sp³-hybridized carbons (Fsp3) is 0.889. The molecule has 0 heterocycles. The Kier molecular flexibility index (Phi) is 5.09. The molecule has 3 heteroatoms. The van der Waals surface area contributed by atoms with Gasteiger partial charge in [0.2, 0.25) is 0 Å². The number of nitrogens with one attached hydrogen (secondary N) is 1. The molecule has 0 spiro atoms. The van der Waals surface area contributed by atoms with Gasteiger partial charge in [-0.1, -0.05) is 20.8 Å². The van der Waals surface area contributed by atoms with Crippen molar-refractivity contribution in [3.8, 4) is 0 Å². The van der Waals surface area contributed by atoms with Gasteiger partial charge in [-0.2, -0.15) is 0 Å². The van der Waals surface area contributed by atoms with E-state index in [4.69, 9.17) is 4.74 Å². The third-order valence-corrected chi connectivity index (χ3v) is 1.85. The van der Waals surface area contributed by atoms with Crippen LogP contribution in [0.15, 0.2) is 0 Å². The first-order valence-electron chi connectivity index (χ1n) is 4.27. The fourth-order valence-corrected chi connectivity index (χ4v) is 0.863. The van der Waals surface area contributed by atoms with Crippen LogP contribution in [-0.2, 0) is 9.53 Å². The summed E-state index contributed by atoms with van der Waals surface area (Å²) in [4.78, 5) is 11.4. The second-order valence-corrected chi connectivity index (χ2v) is 3.52. The number of hydrogen-bond donors (Lipinski definition) is 1. The van der Waals surface area contributed by atoms with Gasteiger partial charge in [-0.3, -0.25) is 4.79 Å². The molecule has 0 aliphatic rings. The first-order chi connectivity index (χ1) is 5.54. The lowest BCUT2D eigenvalue weighted by Gasteiger charge is -2.22. The van der Waals surface area contributed by atoms with Crippen LogP contribution < -0.4 is 5.32 Å². The van der Waals surface area contributed by atoms with Crippen molar-refractivity contribution in [1.29, 1.82) is 0 Å². The lowest BCUT2D eigenvalue weighted by atomic mass is 9.88. The van der Waals surface area contributed by atoms with Gasteiger partial charge >= 0.3 is 0 Å². The highest BCUT2D eigenvalue weighted by Gasteiger charge is 2.26. The van der Waals surface area contributed by atoms with Crippen LogP contribution in [0.5, 0.6) is 0 Å². The van der Waals surface area contributed by atoms with Crippen molar-refractivity contribution in [3.63, 3.8) is 0 Å². The summed E-state index contributed by atoms with van der Waals surface area (Å²) in [6.07, 6.45) is 0. The van der Waals surface area contributed by atoms with Crippen molar-refractivity contribution in [2.45, 2.75) is 20.8 Å². The number of ketones is 1. The molecule has 3 nitrogen and oxygen atoms in total. The molecule has 0 aromatic rings. The number of ether oxygens (including phenoxy) is 1. The highest BCUT2D eigenvalue weighted by atomic mass is 16.5. The van der Waals surface area contributed by atoms with Gasteiger partial charge in [-0.05, 0) is 6.54 Å².